The highest BCUT2D eigenvalue weighted by Crippen LogP contribution is 2.33. The van der Waals surface area contributed by atoms with Crippen LogP contribution < -0.4 is 21.3 Å². The van der Waals surface area contributed by atoms with Crippen LogP contribution in [-0.4, -0.2) is 50.5 Å². The Morgan fingerprint density at radius 2 is 1.92 bits per heavy atom. The summed E-state index contributed by atoms with van der Waals surface area (Å²) in [6.07, 6.45) is -0.891. The van der Waals surface area contributed by atoms with Gasteiger partial charge >= 0.3 is 6.18 Å². The molecular weight excluding hydrogens is 511 g/mol. The van der Waals surface area contributed by atoms with E-state index in [0.717, 1.165) is 38.1 Å². The van der Waals surface area contributed by atoms with Crippen LogP contribution in [0.25, 0.3) is 22.3 Å². The second-order valence-electron chi connectivity index (χ2n) is 9.50. The van der Waals surface area contributed by atoms with Crippen LogP contribution in [0, 0.1) is 0 Å². The number of aromatic nitrogens is 4. The van der Waals surface area contributed by atoms with E-state index in [1.54, 1.807) is 18.2 Å². The quantitative estimate of drug-likeness (QED) is 0.298. The van der Waals surface area contributed by atoms with Crippen molar-refractivity contribution in [2.24, 2.45) is 0 Å². The molecule has 2 aromatic heterocycles. The third-order valence-electron chi connectivity index (χ3n) is 6.76. The van der Waals surface area contributed by atoms with Crippen LogP contribution in [0.2, 0.25) is 0 Å². The van der Waals surface area contributed by atoms with Crippen molar-refractivity contribution in [1.82, 2.24) is 24.8 Å². The van der Waals surface area contributed by atoms with Crippen molar-refractivity contribution >= 4 is 22.8 Å². The molecule has 0 unspecified atom stereocenters. The van der Waals surface area contributed by atoms with E-state index in [1.807, 2.05) is 0 Å². The number of alkyl halides is 3. The number of likely N-dealkylation sites (tertiary alicyclic amines) is 1. The Morgan fingerprint density at radius 1 is 1.13 bits per heavy atom. The third kappa shape index (κ3) is 6.11. The van der Waals surface area contributed by atoms with Gasteiger partial charge in [0.15, 0.2) is 11.6 Å². The van der Waals surface area contributed by atoms with Crippen molar-refractivity contribution in [3.63, 3.8) is 0 Å². The summed E-state index contributed by atoms with van der Waals surface area (Å²) < 4.78 is 45.4. The van der Waals surface area contributed by atoms with Gasteiger partial charge in [0.1, 0.15) is 5.52 Å². The number of piperidine rings is 1. The van der Waals surface area contributed by atoms with Gasteiger partial charge in [-0.25, -0.2) is 9.97 Å². The molecule has 204 valence electrons. The number of ether oxygens (including phenoxy) is 1. The van der Waals surface area contributed by atoms with Gasteiger partial charge in [0.05, 0.1) is 16.8 Å². The van der Waals surface area contributed by atoms with Gasteiger partial charge in [0.25, 0.3) is 5.56 Å². The summed E-state index contributed by atoms with van der Waals surface area (Å²) in [6, 6.07) is 11.8. The summed E-state index contributed by atoms with van der Waals surface area (Å²) in [4.78, 5) is 30.1. The van der Waals surface area contributed by atoms with Crippen LogP contribution in [-0.2, 0) is 6.18 Å². The number of halogens is 3. The summed E-state index contributed by atoms with van der Waals surface area (Å²) in [5.74, 6) is 0.502. The number of nitrogens with two attached hydrogens (primary N) is 1. The van der Waals surface area contributed by atoms with Crippen LogP contribution >= 0.6 is 0 Å². The minimum Gasteiger partial charge on any atom is -0.436 e. The molecule has 0 spiro atoms. The second kappa shape index (κ2) is 10.9. The Hall–Kier alpha value is -4.19. The maximum Gasteiger partial charge on any atom is 0.416 e. The average Bonchev–Trinajstić information content (AvgIpc) is 2.90. The summed E-state index contributed by atoms with van der Waals surface area (Å²) in [5, 5.41) is 3.23. The average molecular weight is 540 g/mol. The van der Waals surface area contributed by atoms with Crippen molar-refractivity contribution in [2.75, 3.05) is 30.7 Å². The van der Waals surface area contributed by atoms with E-state index in [-0.39, 0.29) is 17.6 Å². The minimum atomic E-state index is -4.44. The molecular formula is C27H28F3N7O2. The van der Waals surface area contributed by atoms with Crippen molar-refractivity contribution in [1.29, 1.82) is 0 Å². The number of benzene rings is 2. The van der Waals surface area contributed by atoms with Crippen LogP contribution in [0.3, 0.4) is 0 Å². The number of aromatic amines is 1. The van der Waals surface area contributed by atoms with Gasteiger partial charge in [-0.15, -0.1) is 0 Å². The Balaban J connectivity index is 1.46. The standard InChI is InChI=1S/C27H28F3N7O2/c1-16-5-2-3-13-37(16)14-12-32-26-34-20(17-8-10-18(11-9-17)27(28,29)30)15-22(35-26)39-21-7-4-6-19-23(21)36-24(31)25(38)33-19/h4,6-11,15-16H,2-3,5,12-14H2,1H3,(H2,31,36)(H,33,38)(H,32,34,35)/t16-/m0/s1. The lowest BCUT2D eigenvalue weighted by Crippen LogP contribution is -2.40. The summed E-state index contributed by atoms with van der Waals surface area (Å²) in [7, 11) is 0. The molecule has 4 aromatic rings. The first kappa shape index (κ1) is 26.4. The Bertz CT molecular complexity index is 1520. The molecule has 2 aromatic carbocycles. The number of hydrogen-bond acceptors (Lipinski definition) is 8. The SMILES string of the molecule is C[C@H]1CCCCN1CCNc1nc(Oc2cccc3[nH]c(=O)c(N)nc23)cc(-c2ccc(C(F)(F)F)cc2)n1. The summed E-state index contributed by atoms with van der Waals surface area (Å²) in [5.41, 5.74) is 6.05. The predicted octanol–water partition coefficient (Wildman–Crippen LogP) is 5.06. The van der Waals surface area contributed by atoms with Crippen LogP contribution in [0.1, 0.15) is 31.7 Å². The first-order valence-electron chi connectivity index (χ1n) is 12.7. The number of nitrogens with zero attached hydrogens (tertiary/aromatic N) is 4. The molecule has 1 aliphatic rings. The molecule has 3 heterocycles. The van der Waals surface area contributed by atoms with Crippen molar-refractivity contribution < 1.29 is 17.9 Å². The van der Waals surface area contributed by atoms with E-state index >= 15 is 0 Å². The van der Waals surface area contributed by atoms with Crippen molar-refractivity contribution in [2.45, 2.75) is 38.4 Å². The smallest absolute Gasteiger partial charge is 0.416 e. The molecule has 0 aliphatic carbocycles. The second-order valence-corrected chi connectivity index (χ2v) is 9.50. The summed E-state index contributed by atoms with van der Waals surface area (Å²) in [6.45, 7) is 4.62. The fourth-order valence-electron chi connectivity index (χ4n) is 4.63. The van der Waals surface area contributed by atoms with Gasteiger partial charge < -0.3 is 20.8 Å². The molecule has 5 rings (SSSR count). The Kier molecular flexibility index (Phi) is 7.38. The molecule has 1 aliphatic heterocycles. The van der Waals surface area contributed by atoms with E-state index < -0.39 is 17.3 Å². The Labute approximate surface area is 222 Å². The lowest BCUT2D eigenvalue weighted by Gasteiger charge is -2.33. The predicted molar refractivity (Wildman–Crippen MR) is 143 cm³/mol. The number of nitrogen functional groups attached to an aromatic ring is 1. The monoisotopic (exact) mass is 539 g/mol. The first-order valence-corrected chi connectivity index (χ1v) is 12.7. The van der Waals surface area contributed by atoms with Gasteiger partial charge in [-0.3, -0.25) is 9.69 Å². The number of anilines is 2. The van der Waals surface area contributed by atoms with E-state index in [2.05, 4.69) is 37.1 Å². The van der Waals surface area contributed by atoms with Gasteiger partial charge in [-0.1, -0.05) is 24.6 Å². The maximum absolute atomic E-state index is 13.1. The van der Waals surface area contributed by atoms with E-state index in [0.29, 0.717) is 40.6 Å². The first-order chi connectivity index (χ1) is 18.7. The molecule has 9 nitrogen and oxygen atoms in total. The number of hydrogen-bond donors (Lipinski definition) is 3. The lowest BCUT2D eigenvalue weighted by atomic mass is 10.0. The summed E-state index contributed by atoms with van der Waals surface area (Å²) >= 11 is 0. The molecule has 0 saturated carbocycles. The molecule has 1 atom stereocenters. The zero-order valence-electron chi connectivity index (χ0n) is 21.3. The van der Waals surface area contributed by atoms with Gasteiger partial charge in [-0.05, 0) is 50.6 Å². The highest BCUT2D eigenvalue weighted by Gasteiger charge is 2.30. The number of rotatable bonds is 7. The fraction of sp³-hybridized carbons (Fsp3) is 0.333. The molecule has 4 N–H and O–H groups in total. The normalized spacial score (nSPS) is 16.4. The lowest BCUT2D eigenvalue weighted by molar-refractivity contribution is -0.137. The van der Waals surface area contributed by atoms with Crippen LogP contribution in [0.4, 0.5) is 24.9 Å². The largest absolute Gasteiger partial charge is 0.436 e. The van der Waals surface area contributed by atoms with E-state index in [4.69, 9.17) is 10.5 Å². The fourth-order valence-corrected chi connectivity index (χ4v) is 4.63. The van der Waals surface area contributed by atoms with Gasteiger partial charge in [0, 0.05) is 30.8 Å². The van der Waals surface area contributed by atoms with Gasteiger partial charge in [-0.2, -0.15) is 18.2 Å². The van der Waals surface area contributed by atoms with E-state index in [1.165, 1.54) is 24.6 Å². The third-order valence-corrected chi connectivity index (χ3v) is 6.76. The number of fused-ring (bicyclic) bond motifs is 1. The Morgan fingerprint density at radius 3 is 2.67 bits per heavy atom. The van der Waals surface area contributed by atoms with Crippen LogP contribution in [0.5, 0.6) is 11.6 Å². The zero-order valence-corrected chi connectivity index (χ0v) is 21.3. The van der Waals surface area contributed by atoms with Gasteiger partial charge in [0.2, 0.25) is 11.8 Å². The molecule has 12 heteroatoms. The highest BCUT2D eigenvalue weighted by molar-refractivity contribution is 5.82. The number of H-pyrrole nitrogens is 1. The number of nitrogens with one attached hydrogen (secondary N) is 2. The topological polar surface area (TPSA) is 122 Å². The molecule has 0 radical (unpaired) electrons. The van der Waals surface area contributed by atoms with Crippen molar-refractivity contribution in [3.05, 3.63) is 64.4 Å². The number of para-hydroxylation sites is 1. The van der Waals surface area contributed by atoms with E-state index in [9.17, 15) is 18.0 Å². The molecule has 0 bridgehead atoms. The molecule has 0 amide bonds. The zero-order chi connectivity index (χ0) is 27.6. The maximum atomic E-state index is 13.1. The highest BCUT2D eigenvalue weighted by atomic mass is 19.4. The van der Waals surface area contributed by atoms with Crippen LogP contribution in [0.15, 0.2) is 53.3 Å². The molecule has 1 saturated heterocycles. The minimum absolute atomic E-state index is 0.146. The molecule has 39 heavy (non-hydrogen) atoms. The van der Waals surface area contributed by atoms with Crippen molar-refractivity contribution in [3.8, 4) is 22.9 Å². The molecule has 1 fully saturated rings.